The van der Waals surface area contributed by atoms with Crippen molar-refractivity contribution in [3.8, 4) is 11.1 Å². The minimum absolute atomic E-state index is 0.0269. The molecule has 6 rings (SSSR count). The molecule has 0 unspecified atom stereocenters. The molecule has 0 spiro atoms. The Hall–Kier alpha value is -2.96. The van der Waals surface area contributed by atoms with Crippen LogP contribution >= 0.6 is 0 Å². The average Bonchev–Trinajstić information content (AvgIpc) is 3.68. The van der Waals surface area contributed by atoms with E-state index in [0.29, 0.717) is 6.54 Å². The second-order valence-electron chi connectivity index (χ2n) is 11.3. The Labute approximate surface area is 221 Å². The fourth-order valence-corrected chi connectivity index (χ4v) is 5.88. The van der Waals surface area contributed by atoms with Crippen LogP contribution in [-0.2, 0) is 13.0 Å². The van der Waals surface area contributed by atoms with Gasteiger partial charge in [-0.25, -0.2) is 4.79 Å². The maximum absolute atomic E-state index is 12.4. The van der Waals surface area contributed by atoms with E-state index in [4.69, 9.17) is 4.98 Å². The predicted molar refractivity (Wildman–Crippen MR) is 149 cm³/mol. The summed E-state index contributed by atoms with van der Waals surface area (Å²) in [5.41, 5.74) is 8.82. The van der Waals surface area contributed by atoms with Gasteiger partial charge in [-0.05, 0) is 61.4 Å². The summed E-state index contributed by atoms with van der Waals surface area (Å²) in [7, 11) is 0. The zero-order valence-electron chi connectivity index (χ0n) is 22.2. The number of allylic oxidation sites excluding steroid dienone is 2. The first-order valence-corrected chi connectivity index (χ1v) is 14.0. The summed E-state index contributed by atoms with van der Waals surface area (Å²) in [4.78, 5) is 24.4. The molecule has 6 heteroatoms. The second kappa shape index (κ2) is 10.4. The number of amides is 2. The highest BCUT2D eigenvalue weighted by atomic mass is 16.2. The molecule has 2 amide bonds. The molecule has 2 aliphatic heterocycles. The quantitative estimate of drug-likeness (QED) is 0.628. The van der Waals surface area contributed by atoms with Crippen molar-refractivity contribution in [3.63, 3.8) is 0 Å². The van der Waals surface area contributed by atoms with Crippen LogP contribution in [-0.4, -0.2) is 77.1 Å². The number of rotatable bonds is 6. The first-order chi connectivity index (χ1) is 18.0. The standard InChI is InChI=1S/C31H39N5O/c1-22(2)33-31(37)36-13-11-25(12-14-36)28-9-10-30-29(28)19-26(20-32-30)24-5-3-23(4-6-24)21-34-15-17-35(18-16-34)27-7-8-27/h3-6,9,11,19-20,22,27H,7-8,10,12-18,21H2,1-2H3,(H,33,37). The summed E-state index contributed by atoms with van der Waals surface area (Å²) in [6.07, 6.45) is 11.1. The maximum Gasteiger partial charge on any atom is 0.317 e. The molecule has 1 N–H and O–H groups in total. The van der Waals surface area contributed by atoms with Gasteiger partial charge in [0.15, 0.2) is 0 Å². The number of piperazine rings is 1. The van der Waals surface area contributed by atoms with Crippen molar-refractivity contribution in [2.75, 3.05) is 39.3 Å². The van der Waals surface area contributed by atoms with Crippen LogP contribution < -0.4 is 5.32 Å². The van der Waals surface area contributed by atoms with E-state index in [9.17, 15) is 4.79 Å². The van der Waals surface area contributed by atoms with Gasteiger partial charge in [0.1, 0.15) is 0 Å². The minimum atomic E-state index is 0.0269. The Morgan fingerprint density at radius 3 is 2.49 bits per heavy atom. The van der Waals surface area contributed by atoms with Gasteiger partial charge in [0.2, 0.25) is 0 Å². The van der Waals surface area contributed by atoms with Gasteiger partial charge in [-0.2, -0.15) is 0 Å². The normalized spacial score (nSPS) is 20.6. The van der Waals surface area contributed by atoms with Crippen LogP contribution in [0.25, 0.3) is 16.7 Å². The van der Waals surface area contributed by atoms with Gasteiger partial charge >= 0.3 is 6.03 Å². The SMILES string of the molecule is CC(C)NC(=O)N1CC=C(C2=CCc3ncc(-c4ccc(CN5CCN(C6CC6)CC5)cc4)cc32)CC1. The largest absolute Gasteiger partial charge is 0.336 e. The summed E-state index contributed by atoms with van der Waals surface area (Å²) in [6.45, 7) is 11.2. The number of nitrogens with zero attached hydrogens (tertiary/aromatic N) is 4. The molecule has 0 atom stereocenters. The molecule has 194 valence electrons. The lowest BCUT2D eigenvalue weighted by Gasteiger charge is -2.34. The molecule has 3 heterocycles. The number of aromatic nitrogens is 1. The fourth-order valence-electron chi connectivity index (χ4n) is 5.88. The maximum atomic E-state index is 12.4. The van der Waals surface area contributed by atoms with Crippen molar-refractivity contribution in [3.05, 3.63) is 71.1 Å². The lowest BCUT2D eigenvalue weighted by atomic mass is 9.94. The molecule has 2 aliphatic carbocycles. The summed E-state index contributed by atoms with van der Waals surface area (Å²) < 4.78 is 0. The summed E-state index contributed by atoms with van der Waals surface area (Å²) in [5.74, 6) is 0. The molecule has 1 aromatic heterocycles. The highest BCUT2D eigenvalue weighted by molar-refractivity contribution is 5.86. The van der Waals surface area contributed by atoms with Gasteiger partial charge < -0.3 is 10.2 Å². The minimum Gasteiger partial charge on any atom is -0.336 e. The van der Waals surface area contributed by atoms with Crippen molar-refractivity contribution in [1.29, 1.82) is 0 Å². The van der Waals surface area contributed by atoms with Gasteiger partial charge in [0.05, 0.1) is 5.69 Å². The number of benzene rings is 1. The Bertz CT molecular complexity index is 1200. The van der Waals surface area contributed by atoms with Crippen molar-refractivity contribution in [2.45, 2.75) is 58.2 Å². The van der Waals surface area contributed by atoms with E-state index in [2.05, 4.69) is 57.6 Å². The first-order valence-electron chi connectivity index (χ1n) is 14.0. The van der Waals surface area contributed by atoms with Crippen LogP contribution in [0.15, 0.2) is 54.3 Å². The van der Waals surface area contributed by atoms with E-state index in [1.807, 2.05) is 24.9 Å². The van der Waals surface area contributed by atoms with Crippen LogP contribution in [0.1, 0.15) is 49.9 Å². The number of fused-ring (bicyclic) bond motifs is 1. The molecule has 2 fully saturated rings. The molecule has 37 heavy (non-hydrogen) atoms. The summed E-state index contributed by atoms with van der Waals surface area (Å²) in [5, 5.41) is 3.00. The van der Waals surface area contributed by atoms with E-state index in [-0.39, 0.29) is 12.1 Å². The van der Waals surface area contributed by atoms with Crippen LogP contribution in [0.5, 0.6) is 0 Å². The first kappa shape index (κ1) is 24.4. The van der Waals surface area contributed by atoms with E-state index >= 15 is 0 Å². The Morgan fingerprint density at radius 2 is 1.81 bits per heavy atom. The highest BCUT2D eigenvalue weighted by Crippen LogP contribution is 2.36. The third kappa shape index (κ3) is 5.51. The van der Waals surface area contributed by atoms with Gasteiger partial charge in [0.25, 0.3) is 0 Å². The fraction of sp³-hybridized carbons (Fsp3) is 0.484. The number of carbonyl (C=O) groups excluding carboxylic acids is 1. The number of nitrogens with one attached hydrogen (secondary N) is 1. The van der Waals surface area contributed by atoms with E-state index in [1.54, 1.807) is 0 Å². The Morgan fingerprint density at radius 1 is 1.03 bits per heavy atom. The molecule has 1 aromatic carbocycles. The molecular formula is C31H39N5O. The monoisotopic (exact) mass is 497 g/mol. The molecular weight excluding hydrogens is 458 g/mol. The Kier molecular flexibility index (Phi) is 6.87. The Balaban J connectivity index is 1.10. The molecule has 1 saturated heterocycles. The molecule has 4 aliphatic rings. The number of carbonyl (C=O) groups is 1. The van der Waals surface area contributed by atoms with Crippen LogP contribution in [0, 0.1) is 0 Å². The molecule has 1 saturated carbocycles. The average molecular weight is 498 g/mol. The van der Waals surface area contributed by atoms with Gasteiger partial charge in [-0.1, -0.05) is 36.4 Å². The van der Waals surface area contributed by atoms with Crippen LogP contribution in [0.3, 0.4) is 0 Å². The lowest BCUT2D eigenvalue weighted by Crippen LogP contribution is -2.46. The third-order valence-corrected chi connectivity index (χ3v) is 8.18. The molecule has 0 bridgehead atoms. The number of hydrogen-bond acceptors (Lipinski definition) is 4. The summed E-state index contributed by atoms with van der Waals surface area (Å²) >= 11 is 0. The molecule has 2 aromatic rings. The van der Waals surface area contributed by atoms with Gasteiger partial charge in [-0.15, -0.1) is 0 Å². The predicted octanol–water partition coefficient (Wildman–Crippen LogP) is 4.72. The van der Waals surface area contributed by atoms with Gasteiger partial charge in [-0.3, -0.25) is 14.8 Å². The zero-order valence-corrected chi connectivity index (χ0v) is 22.2. The topological polar surface area (TPSA) is 51.7 Å². The molecule has 0 radical (unpaired) electrons. The number of urea groups is 1. The zero-order chi connectivity index (χ0) is 25.4. The van der Waals surface area contributed by atoms with Gasteiger partial charge in [0, 0.05) is 81.6 Å². The lowest BCUT2D eigenvalue weighted by molar-refractivity contribution is 0.121. The van der Waals surface area contributed by atoms with Crippen molar-refractivity contribution < 1.29 is 4.79 Å². The third-order valence-electron chi connectivity index (χ3n) is 8.18. The van der Waals surface area contributed by atoms with Crippen LogP contribution in [0.2, 0.25) is 0 Å². The van der Waals surface area contributed by atoms with Crippen molar-refractivity contribution in [1.82, 2.24) is 25.0 Å². The number of pyridine rings is 1. The second-order valence-corrected chi connectivity index (χ2v) is 11.3. The van der Waals surface area contributed by atoms with E-state index in [1.165, 1.54) is 72.4 Å². The van der Waals surface area contributed by atoms with E-state index < -0.39 is 0 Å². The number of hydrogen-bond donors (Lipinski definition) is 1. The molecule has 6 nitrogen and oxygen atoms in total. The van der Waals surface area contributed by atoms with Crippen LogP contribution in [0.4, 0.5) is 4.79 Å². The smallest absolute Gasteiger partial charge is 0.317 e. The van der Waals surface area contributed by atoms with Crippen molar-refractivity contribution in [2.24, 2.45) is 0 Å². The summed E-state index contributed by atoms with van der Waals surface area (Å²) in [6, 6.07) is 12.5. The van der Waals surface area contributed by atoms with E-state index in [0.717, 1.165) is 37.7 Å². The highest BCUT2D eigenvalue weighted by Gasteiger charge is 2.31. The van der Waals surface area contributed by atoms with Crippen molar-refractivity contribution >= 4 is 11.6 Å².